The summed E-state index contributed by atoms with van der Waals surface area (Å²) < 4.78 is 24.4. The molecular weight excluding hydrogens is 238 g/mol. The molecule has 0 saturated carbocycles. The number of hydrogen-bond donors (Lipinski definition) is 1. The number of piperazine rings is 1. The second kappa shape index (κ2) is 5.65. The summed E-state index contributed by atoms with van der Waals surface area (Å²) in [6.07, 6.45) is 3.43. The third kappa shape index (κ3) is 3.64. The predicted molar refractivity (Wildman–Crippen MR) is 70.4 cm³/mol. The van der Waals surface area contributed by atoms with Crippen molar-refractivity contribution in [3.05, 3.63) is 0 Å². The average Bonchev–Trinajstić information content (AvgIpc) is 2.28. The fraction of sp³-hybridized carbons (Fsp3) is 1.00. The van der Waals surface area contributed by atoms with E-state index in [-0.39, 0.29) is 5.54 Å². The highest BCUT2D eigenvalue weighted by atomic mass is 32.2. The zero-order chi connectivity index (χ0) is 13.1. The summed E-state index contributed by atoms with van der Waals surface area (Å²) in [7, 11) is -3.04. The van der Waals surface area contributed by atoms with Gasteiger partial charge in [-0.15, -0.1) is 0 Å². The molecule has 0 aliphatic carbocycles. The van der Waals surface area contributed by atoms with Crippen molar-refractivity contribution in [1.82, 2.24) is 9.21 Å². The highest BCUT2D eigenvalue weighted by Crippen LogP contribution is 2.22. The SMILES string of the molecule is CCCC(C)(CN)N1CCN(S(C)(=O)=O)CC1. The van der Waals surface area contributed by atoms with Crippen molar-refractivity contribution < 1.29 is 8.42 Å². The van der Waals surface area contributed by atoms with Gasteiger partial charge in [0.1, 0.15) is 0 Å². The van der Waals surface area contributed by atoms with Gasteiger partial charge in [-0.05, 0) is 13.3 Å². The molecule has 1 aliphatic heterocycles. The Hall–Kier alpha value is -0.170. The number of nitrogens with zero attached hydrogens (tertiary/aromatic N) is 2. The van der Waals surface area contributed by atoms with Gasteiger partial charge in [0.2, 0.25) is 10.0 Å². The van der Waals surface area contributed by atoms with Crippen LogP contribution in [0.4, 0.5) is 0 Å². The van der Waals surface area contributed by atoms with Crippen molar-refractivity contribution in [3.8, 4) is 0 Å². The summed E-state index contributed by atoms with van der Waals surface area (Å²) >= 11 is 0. The maximum atomic E-state index is 11.4. The minimum absolute atomic E-state index is 0.0122. The molecular formula is C11H25N3O2S. The highest BCUT2D eigenvalue weighted by molar-refractivity contribution is 7.88. The van der Waals surface area contributed by atoms with Gasteiger partial charge < -0.3 is 5.73 Å². The lowest BCUT2D eigenvalue weighted by Crippen LogP contribution is -2.59. The van der Waals surface area contributed by atoms with Crippen LogP contribution in [0.5, 0.6) is 0 Å². The van der Waals surface area contributed by atoms with E-state index < -0.39 is 10.0 Å². The molecule has 17 heavy (non-hydrogen) atoms. The van der Waals surface area contributed by atoms with E-state index in [1.807, 2.05) is 0 Å². The Kier molecular flexibility index (Phi) is 4.95. The molecule has 1 unspecified atom stereocenters. The van der Waals surface area contributed by atoms with E-state index in [0.717, 1.165) is 25.9 Å². The van der Waals surface area contributed by atoms with Gasteiger partial charge in [-0.2, -0.15) is 4.31 Å². The molecule has 0 aromatic heterocycles. The Balaban J connectivity index is 2.62. The summed E-state index contributed by atoms with van der Waals surface area (Å²) in [5, 5.41) is 0. The van der Waals surface area contributed by atoms with Crippen LogP contribution in [-0.2, 0) is 10.0 Å². The van der Waals surface area contributed by atoms with E-state index in [1.54, 1.807) is 4.31 Å². The first-order valence-electron chi connectivity index (χ1n) is 6.24. The molecule has 1 fully saturated rings. The van der Waals surface area contributed by atoms with Crippen LogP contribution >= 0.6 is 0 Å². The van der Waals surface area contributed by atoms with Crippen molar-refractivity contribution in [2.24, 2.45) is 5.73 Å². The van der Waals surface area contributed by atoms with Gasteiger partial charge in [0.15, 0.2) is 0 Å². The Morgan fingerprint density at radius 1 is 1.24 bits per heavy atom. The molecule has 1 heterocycles. The first-order valence-corrected chi connectivity index (χ1v) is 8.08. The monoisotopic (exact) mass is 263 g/mol. The molecule has 0 amide bonds. The van der Waals surface area contributed by atoms with Gasteiger partial charge in [0.25, 0.3) is 0 Å². The van der Waals surface area contributed by atoms with Gasteiger partial charge in [-0.1, -0.05) is 13.3 Å². The van der Waals surface area contributed by atoms with Gasteiger partial charge in [0, 0.05) is 38.3 Å². The van der Waals surface area contributed by atoms with Crippen LogP contribution in [0, 0.1) is 0 Å². The number of nitrogens with two attached hydrogens (primary N) is 1. The van der Waals surface area contributed by atoms with E-state index in [0.29, 0.717) is 19.6 Å². The van der Waals surface area contributed by atoms with Crippen LogP contribution in [0.25, 0.3) is 0 Å². The van der Waals surface area contributed by atoms with Crippen LogP contribution in [-0.4, -0.2) is 62.1 Å². The van der Waals surface area contributed by atoms with E-state index >= 15 is 0 Å². The summed E-state index contributed by atoms with van der Waals surface area (Å²) in [4.78, 5) is 2.33. The van der Waals surface area contributed by atoms with Crippen LogP contribution in [0.2, 0.25) is 0 Å². The summed E-state index contributed by atoms with van der Waals surface area (Å²) in [6, 6.07) is 0. The summed E-state index contributed by atoms with van der Waals surface area (Å²) in [5.74, 6) is 0. The molecule has 1 rings (SSSR count). The largest absolute Gasteiger partial charge is 0.329 e. The van der Waals surface area contributed by atoms with Gasteiger partial charge in [-0.25, -0.2) is 8.42 Å². The Labute approximate surface area is 105 Å². The maximum absolute atomic E-state index is 11.4. The topological polar surface area (TPSA) is 66.6 Å². The van der Waals surface area contributed by atoms with E-state index in [1.165, 1.54) is 6.26 Å². The van der Waals surface area contributed by atoms with Gasteiger partial charge in [0.05, 0.1) is 6.26 Å². The fourth-order valence-electron chi connectivity index (χ4n) is 2.49. The van der Waals surface area contributed by atoms with Crippen molar-refractivity contribution in [1.29, 1.82) is 0 Å². The zero-order valence-corrected chi connectivity index (χ0v) is 12.0. The first kappa shape index (κ1) is 14.9. The maximum Gasteiger partial charge on any atom is 0.211 e. The number of rotatable bonds is 5. The molecule has 0 aromatic carbocycles. The number of sulfonamides is 1. The van der Waals surface area contributed by atoms with Crippen molar-refractivity contribution in [2.45, 2.75) is 32.2 Å². The summed E-state index contributed by atoms with van der Waals surface area (Å²) in [5.41, 5.74) is 5.88. The Morgan fingerprint density at radius 3 is 2.12 bits per heavy atom. The predicted octanol–water partition coefficient (Wildman–Crippen LogP) is 0.0811. The lowest BCUT2D eigenvalue weighted by atomic mass is 9.93. The van der Waals surface area contributed by atoms with Crippen molar-refractivity contribution in [2.75, 3.05) is 39.0 Å². The van der Waals surface area contributed by atoms with Crippen LogP contribution in [0.15, 0.2) is 0 Å². The first-order chi connectivity index (χ1) is 7.83. The third-order valence-electron chi connectivity index (χ3n) is 3.70. The molecule has 1 atom stereocenters. The van der Waals surface area contributed by atoms with Crippen LogP contribution in [0.3, 0.4) is 0 Å². The molecule has 1 aliphatic rings. The molecule has 0 aromatic rings. The highest BCUT2D eigenvalue weighted by Gasteiger charge is 2.33. The Bertz CT molecular complexity index is 337. The minimum Gasteiger partial charge on any atom is -0.329 e. The second-order valence-corrected chi connectivity index (χ2v) is 7.08. The van der Waals surface area contributed by atoms with E-state index in [9.17, 15) is 8.42 Å². The molecule has 5 nitrogen and oxygen atoms in total. The molecule has 0 spiro atoms. The minimum atomic E-state index is -3.04. The van der Waals surface area contributed by atoms with Crippen LogP contribution < -0.4 is 5.73 Å². The third-order valence-corrected chi connectivity index (χ3v) is 5.00. The standard InChI is InChI=1S/C11H25N3O2S/c1-4-5-11(2,10-12)13-6-8-14(9-7-13)17(3,15)16/h4-10,12H2,1-3H3. The lowest BCUT2D eigenvalue weighted by Gasteiger charge is -2.45. The lowest BCUT2D eigenvalue weighted by molar-refractivity contribution is 0.0650. The Morgan fingerprint density at radius 2 is 1.76 bits per heavy atom. The molecule has 2 N–H and O–H groups in total. The van der Waals surface area contributed by atoms with Gasteiger partial charge in [-0.3, -0.25) is 4.90 Å². The number of hydrogen-bond acceptors (Lipinski definition) is 4. The average molecular weight is 263 g/mol. The normalized spacial score (nSPS) is 23.5. The van der Waals surface area contributed by atoms with Gasteiger partial charge >= 0.3 is 0 Å². The zero-order valence-electron chi connectivity index (χ0n) is 11.1. The molecule has 6 heteroatoms. The molecule has 0 radical (unpaired) electrons. The van der Waals surface area contributed by atoms with Crippen molar-refractivity contribution >= 4 is 10.0 Å². The smallest absolute Gasteiger partial charge is 0.211 e. The van der Waals surface area contributed by atoms with Crippen molar-refractivity contribution in [3.63, 3.8) is 0 Å². The molecule has 0 bridgehead atoms. The second-order valence-electron chi connectivity index (χ2n) is 5.10. The van der Waals surface area contributed by atoms with E-state index in [4.69, 9.17) is 5.73 Å². The quantitative estimate of drug-likeness (QED) is 0.763. The summed E-state index contributed by atoms with van der Waals surface area (Å²) in [6.45, 7) is 7.67. The van der Waals surface area contributed by atoms with E-state index in [2.05, 4.69) is 18.7 Å². The molecule has 1 saturated heterocycles. The fourth-order valence-corrected chi connectivity index (χ4v) is 3.31. The van der Waals surface area contributed by atoms with Crippen LogP contribution in [0.1, 0.15) is 26.7 Å². The molecule has 102 valence electrons.